The van der Waals surface area contributed by atoms with Crippen molar-refractivity contribution in [3.8, 4) is 0 Å². The number of fused-ring (bicyclic) bond motifs is 1. The van der Waals surface area contributed by atoms with Crippen LogP contribution in [0.5, 0.6) is 0 Å². The highest BCUT2D eigenvalue weighted by Gasteiger charge is 2.42. The van der Waals surface area contributed by atoms with Crippen LogP contribution in [-0.2, 0) is 10.4 Å². The number of halogens is 1. The molecule has 0 aliphatic carbocycles. The van der Waals surface area contributed by atoms with Crippen molar-refractivity contribution in [1.82, 2.24) is 0 Å². The van der Waals surface area contributed by atoms with Crippen LogP contribution in [0.1, 0.15) is 5.56 Å². The fourth-order valence-corrected chi connectivity index (χ4v) is 1.86. The topological polar surface area (TPSA) is 49.3 Å². The number of anilines is 1. The van der Waals surface area contributed by atoms with Crippen molar-refractivity contribution in [2.45, 2.75) is 5.60 Å². The van der Waals surface area contributed by atoms with Gasteiger partial charge in [0, 0.05) is 15.7 Å². The smallest absolute Gasteiger partial charge is 0.265 e. The zero-order valence-corrected chi connectivity index (χ0v) is 8.84. The second-order valence-electron chi connectivity index (χ2n) is 3.11. The van der Waals surface area contributed by atoms with Crippen LogP contribution in [0.4, 0.5) is 5.69 Å². The van der Waals surface area contributed by atoms with Gasteiger partial charge in [-0.25, -0.2) is 0 Å². The Morgan fingerprint density at radius 1 is 1.57 bits per heavy atom. The molecule has 2 rings (SSSR count). The lowest BCUT2D eigenvalue weighted by Gasteiger charge is -2.14. The number of carbonyl (C=O) groups excluding carboxylic acids is 1. The van der Waals surface area contributed by atoms with Gasteiger partial charge in [-0.15, -0.1) is 0 Å². The van der Waals surface area contributed by atoms with Crippen LogP contribution in [0.2, 0.25) is 0 Å². The molecular weight excluding hydrogens is 246 g/mol. The van der Waals surface area contributed by atoms with Gasteiger partial charge in [-0.3, -0.25) is 4.79 Å². The molecule has 3 nitrogen and oxygen atoms in total. The highest BCUT2D eigenvalue weighted by molar-refractivity contribution is 9.10. The quantitative estimate of drug-likeness (QED) is 0.750. The van der Waals surface area contributed by atoms with Gasteiger partial charge in [0.15, 0.2) is 5.60 Å². The third-order valence-corrected chi connectivity index (χ3v) is 2.78. The predicted molar refractivity (Wildman–Crippen MR) is 56.9 cm³/mol. The molecule has 1 aliphatic rings. The van der Waals surface area contributed by atoms with Crippen LogP contribution in [0, 0.1) is 0 Å². The largest absolute Gasteiger partial charge is 0.372 e. The molecule has 2 N–H and O–H groups in total. The second-order valence-corrected chi connectivity index (χ2v) is 4.03. The molecule has 0 bridgehead atoms. The van der Waals surface area contributed by atoms with Gasteiger partial charge < -0.3 is 10.4 Å². The van der Waals surface area contributed by atoms with Gasteiger partial charge in [0.05, 0.1) is 0 Å². The minimum absolute atomic E-state index is 0.458. The predicted octanol–water partition coefficient (Wildman–Crippen LogP) is 1.77. The Bertz CT molecular complexity index is 430. The second kappa shape index (κ2) is 2.93. The van der Waals surface area contributed by atoms with Crippen LogP contribution in [0.15, 0.2) is 35.3 Å². The first-order chi connectivity index (χ1) is 6.58. The molecule has 0 spiro atoms. The molecule has 1 heterocycles. The van der Waals surface area contributed by atoms with Gasteiger partial charge in [-0.1, -0.05) is 28.6 Å². The number of hydrogen-bond donors (Lipinski definition) is 2. The normalized spacial score (nSPS) is 24.3. The van der Waals surface area contributed by atoms with E-state index < -0.39 is 11.5 Å². The SMILES string of the molecule is C=CC1(O)C(=O)Nc2cc(Br)ccc21. The first kappa shape index (κ1) is 9.43. The van der Waals surface area contributed by atoms with Crippen molar-refractivity contribution in [2.75, 3.05) is 5.32 Å². The van der Waals surface area contributed by atoms with E-state index in [9.17, 15) is 9.90 Å². The summed E-state index contributed by atoms with van der Waals surface area (Å²) in [7, 11) is 0. The molecule has 0 saturated heterocycles. The first-order valence-electron chi connectivity index (χ1n) is 4.05. The minimum Gasteiger partial charge on any atom is -0.372 e. The van der Waals surface area contributed by atoms with Crippen LogP contribution < -0.4 is 5.32 Å². The summed E-state index contributed by atoms with van der Waals surface area (Å²) >= 11 is 3.29. The highest BCUT2D eigenvalue weighted by atomic mass is 79.9. The summed E-state index contributed by atoms with van der Waals surface area (Å²) in [6, 6.07) is 5.21. The Hall–Kier alpha value is -1.13. The molecular formula is C10H8BrNO2. The number of nitrogens with one attached hydrogen (secondary N) is 1. The summed E-state index contributed by atoms with van der Waals surface area (Å²) < 4.78 is 0.852. The van der Waals surface area contributed by atoms with Gasteiger partial charge >= 0.3 is 0 Å². The lowest BCUT2D eigenvalue weighted by Crippen LogP contribution is -2.31. The Morgan fingerprint density at radius 2 is 2.29 bits per heavy atom. The van der Waals surface area contributed by atoms with Gasteiger partial charge in [0.1, 0.15) is 0 Å². The zero-order valence-electron chi connectivity index (χ0n) is 7.25. The maximum Gasteiger partial charge on any atom is 0.265 e. The number of carbonyl (C=O) groups is 1. The van der Waals surface area contributed by atoms with Gasteiger partial charge in [0.25, 0.3) is 5.91 Å². The van der Waals surface area contributed by atoms with E-state index in [0.717, 1.165) is 4.47 Å². The Morgan fingerprint density at radius 3 is 2.93 bits per heavy atom. The summed E-state index contributed by atoms with van der Waals surface area (Å²) in [5.41, 5.74) is -0.428. The summed E-state index contributed by atoms with van der Waals surface area (Å²) in [4.78, 5) is 11.4. The van der Waals surface area contributed by atoms with E-state index in [1.165, 1.54) is 6.08 Å². The highest BCUT2D eigenvalue weighted by Crippen LogP contribution is 2.37. The molecule has 1 aromatic rings. The van der Waals surface area contributed by atoms with Crippen molar-refractivity contribution in [1.29, 1.82) is 0 Å². The monoisotopic (exact) mass is 253 g/mol. The van der Waals surface area contributed by atoms with E-state index in [0.29, 0.717) is 11.3 Å². The van der Waals surface area contributed by atoms with E-state index in [4.69, 9.17) is 0 Å². The van der Waals surface area contributed by atoms with Crippen molar-refractivity contribution in [3.63, 3.8) is 0 Å². The minimum atomic E-state index is -1.59. The molecule has 0 fully saturated rings. The Kier molecular flexibility index (Phi) is 1.97. The van der Waals surface area contributed by atoms with E-state index in [-0.39, 0.29) is 0 Å². The fourth-order valence-electron chi connectivity index (χ4n) is 1.49. The average Bonchev–Trinajstić information content (AvgIpc) is 2.39. The van der Waals surface area contributed by atoms with E-state index in [2.05, 4.69) is 27.8 Å². The first-order valence-corrected chi connectivity index (χ1v) is 4.84. The van der Waals surface area contributed by atoms with Crippen LogP contribution in [0.3, 0.4) is 0 Å². The Labute approximate surface area is 89.6 Å². The van der Waals surface area contributed by atoms with E-state index in [1.807, 2.05) is 0 Å². The molecule has 14 heavy (non-hydrogen) atoms. The number of hydrogen-bond acceptors (Lipinski definition) is 2. The summed E-state index contributed by atoms with van der Waals surface area (Å²) in [6.45, 7) is 3.46. The lowest BCUT2D eigenvalue weighted by atomic mass is 9.96. The summed E-state index contributed by atoms with van der Waals surface area (Å²) in [5.74, 6) is -0.458. The maximum atomic E-state index is 11.4. The maximum absolute atomic E-state index is 11.4. The number of rotatable bonds is 1. The van der Waals surface area contributed by atoms with Gasteiger partial charge in [-0.2, -0.15) is 0 Å². The number of benzene rings is 1. The molecule has 1 aromatic carbocycles. The third kappa shape index (κ3) is 1.11. The molecule has 0 saturated carbocycles. The van der Waals surface area contributed by atoms with Crippen LogP contribution >= 0.6 is 15.9 Å². The molecule has 1 atom stereocenters. The van der Waals surface area contributed by atoms with Crippen LogP contribution in [0.25, 0.3) is 0 Å². The van der Waals surface area contributed by atoms with Crippen molar-refractivity contribution in [3.05, 3.63) is 40.9 Å². The van der Waals surface area contributed by atoms with Crippen molar-refractivity contribution < 1.29 is 9.90 Å². The summed E-state index contributed by atoms with van der Waals surface area (Å²) in [6.07, 6.45) is 1.24. The summed E-state index contributed by atoms with van der Waals surface area (Å²) in [5, 5.41) is 12.6. The molecule has 0 radical (unpaired) electrons. The van der Waals surface area contributed by atoms with Crippen molar-refractivity contribution in [2.24, 2.45) is 0 Å². The molecule has 1 amide bonds. The standard InChI is InChI=1S/C10H8BrNO2/c1-2-10(14)7-4-3-6(11)5-8(7)12-9(10)13/h2-5,14H,1H2,(H,12,13). The Balaban J connectivity index is 2.64. The average molecular weight is 254 g/mol. The molecule has 1 aliphatic heterocycles. The third-order valence-electron chi connectivity index (χ3n) is 2.28. The van der Waals surface area contributed by atoms with E-state index >= 15 is 0 Å². The molecule has 72 valence electrons. The van der Waals surface area contributed by atoms with Crippen LogP contribution in [-0.4, -0.2) is 11.0 Å². The number of aliphatic hydroxyl groups is 1. The fraction of sp³-hybridized carbons (Fsp3) is 0.100. The van der Waals surface area contributed by atoms with Gasteiger partial charge in [-0.05, 0) is 18.2 Å². The van der Waals surface area contributed by atoms with Gasteiger partial charge in [0.2, 0.25) is 0 Å². The lowest BCUT2D eigenvalue weighted by molar-refractivity contribution is -0.129. The molecule has 4 heteroatoms. The van der Waals surface area contributed by atoms with E-state index in [1.54, 1.807) is 18.2 Å². The molecule has 0 aromatic heterocycles. The zero-order chi connectivity index (χ0) is 10.3. The molecule has 1 unspecified atom stereocenters. The number of amides is 1. The van der Waals surface area contributed by atoms with Crippen molar-refractivity contribution >= 4 is 27.5 Å².